The lowest BCUT2D eigenvalue weighted by Crippen LogP contribution is -2.12. The SMILES string of the molecule is CC[C@H]1CC[C@H](c2ccc(C=O)cc2)CC1. The zero-order valence-corrected chi connectivity index (χ0v) is 9.99. The van der Waals surface area contributed by atoms with Crippen LogP contribution in [0.1, 0.15) is 60.9 Å². The van der Waals surface area contributed by atoms with Crippen LogP contribution in [0.4, 0.5) is 0 Å². The summed E-state index contributed by atoms with van der Waals surface area (Å²) in [6.45, 7) is 2.30. The smallest absolute Gasteiger partial charge is 0.150 e. The van der Waals surface area contributed by atoms with Crippen molar-refractivity contribution in [1.29, 1.82) is 0 Å². The fourth-order valence-electron chi connectivity index (χ4n) is 2.75. The highest BCUT2D eigenvalue weighted by Gasteiger charge is 2.20. The molecule has 0 atom stereocenters. The predicted molar refractivity (Wildman–Crippen MR) is 66.8 cm³/mol. The van der Waals surface area contributed by atoms with Gasteiger partial charge in [-0.2, -0.15) is 0 Å². The number of rotatable bonds is 3. The fourth-order valence-corrected chi connectivity index (χ4v) is 2.75. The maximum atomic E-state index is 10.6. The highest BCUT2D eigenvalue weighted by atomic mass is 16.1. The molecule has 1 aliphatic rings. The second kappa shape index (κ2) is 5.29. The standard InChI is InChI=1S/C15H20O/c1-2-12-3-7-14(8-4-12)15-9-5-13(11-16)6-10-15/h5-6,9-12,14H,2-4,7-8H2,1H3/t12-,14-. The quantitative estimate of drug-likeness (QED) is 0.693. The molecule has 1 fully saturated rings. The van der Waals surface area contributed by atoms with Crippen molar-refractivity contribution in [1.82, 2.24) is 0 Å². The summed E-state index contributed by atoms with van der Waals surface area (Å²) < 4.78 is 0. The first-order chi connectivity index (χ1) is 7.83. The Morgan fingerprint density at radius 2 is 1.75 bits per heavy atom. The second-order valence-electron chi connectivity index (χ2n) is 4.91. The van der Waals surface area contributed by atoms with Gasteiger partial charge in [0, 0.05) is 5.56 Å². The molecule has 1 aliphatic carbocycles. The average Bonchev–Trinajstić information content (AvgIpc) is 2.39. The summed E-state index contributed by atoms with van der Waals surface area (Å²) >= 11 is 0. The van der Waals surface area contributed by atoms with E-state index < -0.39 is 0 Å². The van der Waals surface area contributed by atoms with Crippen LogP contribution in [0.25, 0.3) is 0 Å². The van der Waals surface area contributed by atoms with E-state index in [9.17, 15) is 4.79 Å². The van der Waals surface area contributed by atoms with Crippen molar-refractivity contribution in [2.75, 3.05) is 0 Å². The Hall–Kier alpha value is -1.11. The molecule has 1 nitrogen and oxygen atoms in total. The van der Waals surface area contributed by atoms with Crippen LogP contribution in [0.15, 0.2) is 24.3 Å². The van der Waals surface area contributed by atoms with Crippen molar-refractivity contribution in [2.45, 2.75) is 44.9 Å². The number of carbonyl (C=O) groups excluding carboxylic acids is 1. The molecule has 86 valence electrons. The van der Waals surface area contributed by atoms with Gasteiger partial charge in [-0.25, -0.2) is 0 Å². The topological polar surface area (TPSA) is 17.1 Å². The lowest BCUT2D eigenvalue weighted by molar-refractivity contribution is 0.112. The zero-order chi connectivity index (χ0) is 11.4. The Morgan fingerprint density at radius 3 is 2.25 bits per heavy atom. The van der Waals surface area contributed by atoms with Crippen molar-refractivity contribution in [3.8, 4) is 0 Å². The number of hydrogen-bond donors (Lipinski definition) is 0. The van der Waals surface area contributed by atoms with Crippen LogP contribution in [0.2, 0.25) is 0 Å². The van der Waals surface area contributed by atoms with Crippen molar-refractivity contribution >= 4 is 6.29 Å². The van der Waals surface area contributed by atoms with E-state index >= 15 is 0 Å². The zero-order valence-electron chi connectivity index (χ0n) is 9.99. The maximum Gasteiger partial charge on any atom is 0.150 e. The number of hydrogen-bond acceptors (Lipinski definition) is 1. The van der Waals surface area contributed by atoms with E-state index in [4.69, 9.17) is 0 Å². The van der Waals surface area contributed by atoms with E-state index in [0.717, 1.165) is 23.7 Å². The van der Waals surface area contributed by atoms with Gasteiger partial charge in [0.2, 0.25) is 0 Å². The molecule has 0 radical (unpaired) electrons. The summed E-state index contributed by atoms with van der Waals surface area (Å²) in [5.74, 6) is 1.68. The van der Waals surface area contributed by atoms with Gasteiger partial charge in [0.1, 0.15) is 6.29 Å². The number of aldehydes is 1. The molecular formula is C15H20O. The van der Waals surface area contributed by atoms with Crippen molar-refractivity contribution in [3.05, 3.63) is 35.4 Å². The van der Waals surface area contributed by atoms with Gasteiger partial charge >= 0.3 is 0 Å². The van der Waals surface area contributed by atoms with Crippen LogP contribution in [0, 0.1) is 5.92 Å². The van der Waals surface area contributed by atoms with Crippen molar-refractivity contribution in [2.24, 2.45) is 5.92 Å². The molecule has 0 bridgehead atoms. The summed E-state index contributed by atoms with van der Waals surface area (Å²) in [5, 5.41) is 0. The molecular weight excluding hydrogens is 196 g/mol. The van der Waals surface area contributed by atoms with E-state index in [1.165, 1.54) is 37.7 Å². The molecule has 0 aliphatic heterocycles. The fraction of sp³-hybridized carbons (Fsp3) is 0.533. The Morgan fingerprint density at radius 1 is 1.12 bits per heavy atom. The molecule has 0 aromatic heterocycles. The maximum absolute atomic E-state index is 10.6. The summed E-state index contributed by atoms with van der Waals surface area (Å²) in [6, 6.07) is 8.13. The second-order valence-corrected chi connectivity index (χ2v) is 4.91. The highest BCUT2D eigenvalue weighted by molar-refractivity contribution is 5.74. The minimum atomic E-state index is 0.725. The third-order valence-electron chi connectivity index (χ3n) is 3.97. The lowest BCUT2D eigenvalue weighted by Gasteiger charge is -2.28. The molecule has 0 heterocycles. The third kappa shape index (κ3) is 2.52. The predicted octanol–water partition coefficient (Wildman–Crippen LogP) is 4.18. The van der Waals surface area contributed by atoms with Crippen LogP contribution in [-0.4, -0.2) is 6.29 Å². The Balaban J connectivity index is 1.99. The number of benzene rings is 1. The van der Waals surface area contributed by atoms with E-state index in [-0.39, 0.29) is 0 Å². The molecule has 1 aromatic rings. The first-order valence-corrected chi connectivity index (χ1v) is 6.38. The molecule has 1 aromatic carbocycles. The minimum Gasteiger partial charge on any atom is -0.298 e. The Kier molecular flexibility index (Phi) is 3.76. The summed E-state index contributed by atoms with van der Waals surface area (Å²) in [7, 11) is 0. The van der Waals surface area contributed by atoms with Gasteiger partial charge in [0.05, 0.1) is 0 Å². The average molecular weight is 216 g/mol. The summed E-state index contributed by atoms with van der Waals surface area (Å²) in [5.41, 5.74) is 2.20. The van der Waals surface area contributed by atoms with Crippen LogP contribution >= 0.6 is 0 Å². The molecule has 0 amide bonds. The molecule has 1 heteroatoms. The van der Waals surface area contributed by atoms with Gasteiger partial charge in [-0.15, -0.1) is 0 Å². The van der Waals surface area contributed by atoms with Gasteiger partial charge in [-0.05, 0) is 43.1 Å². The van der Waals surface area contributed by atoms with E-state index in [1.54, 1.807) is 0 Å². The normalized spacial score (nSPS) is 25.3. The minimum absolute atomic E-state index is 0.725. The van der Waals surface area contributed by atoms with Gasteiger partial charge in [0.25, 0.3) is 0 Å². The largest absolute Gasteiger partial charge is 0.298 e. The molecule has 0 unspecified atom stereocenters. The molecule has 0 N–H and O–H groups in total. The highest BCUT2D eigenvalue weighted by Crippen LogP contribution is 2.36. The van der Waals surface area contributed by atoms with Gasteiger partial charge in [0.15, 0.2) is 0 Å². The summed E-state index contributed by atoms with van der Waals surface area (Å²) in [6.07, 6.45) is 7.62. The molecule has 2 rings (SSSR count). The van der Waals surface area contributed by atoms with Crippen LogP contribution in [0.3, 0.4) is 0 Å². The van der Waals surface area contributed by atoms with Gasteiger partial charge in [-0.1, -0.05) is 37.6 Å². The third-order valence-corrected chi connectivity index (χ3v) is 3.97. The first kappa shape index (κ1) is 11.4. The van der Waals surface area contributed by atoms with E-state index in [0.29, 0.717) is 0 Å². The lowest BCUT2D eigenvalue weighted by atomic mass is 9.78. The molecule has 1 saturated carbocycles. The van der Waals surface area contributed by atoms with Gasteiger partial charge in [-0.3, -0.25) is 4.79 Å². The monoisotopic (exact) mass is 216 g/mol. The number of carbonyl (C=O) groups is 1. The van der Waals surface area contributed by atoms with Crippen LogP contribution < -0.4 is 0 Å². The Labute approximate surface area is 97.9 Å². The Bertz CT molecular complexity index is 331. The van der Waals surface area contributed by atoms with Crippen LogP contribution in [0.5, 0.6) is 0 Å². The first-order valence-electron chi connectivity index (χ1n) is 6.38. The molecule has 0 saturated heterocycles. The molecule has 0 spiro atoms. The van der Waals surface area contributed by atoms with Crippen molar-refractivity contribution in [3.63, 3.8) is 0 Å². The van der Waals surface area contributed by atoms with Gasteiger partial charge < -0.3 is 0 Å². The van der Waals surface area contributed by atoms with Crippen LogP contribution in [-0.2, 0) is 0 Å². The molecule has 16 heavy (non-hydrogen) atoms. The summed E-state index contributed by atoms with van der Waals surface area (Å²) in [4.78, 5) is 10.6. The van der Waals surface area contributed by atoms with E-state index in [1.807, 2.05) is 12.1 Å². The van der Waals surface area contributed by atoms with E-state index in [2.05, 4.69) is 19.1 Å². The van der Waals surface area contributed by atoms with Crippen molar-refractivity contribution < 1.29 is 4.79 Å².